The van der Waals surface area contributed by atoms with Crippen LogP contribution in [0.15, 0.2) is 23.0 Å². The molecule has 182 valence electrons. The minimum atomic E-state index is -4.90. The summed E-state index contributed by atoms with van der Waals surface area (Å²) in [6.07, 6.45) is 1.38. The van der Waals surface area contributed by atoms with E-state index < -0.39 is 29.1 Å². The lowest BCUT2D eigenvalue weighted by Gasteiger charge is -2.56. The predicted octanol–water partition coefficient (Wildman–Crippen LogP) is 5.44. The summed E-state index contributed by atoms with van der Waals surface area (Å²) >= 11 is 0. The molecule has 33 heavy (non-hydrogen) atoms. The molecule has 0 spiro atoms. The van der Waals surface area contributed by atoms with Gasteiger partial charge in [-0.3, -0.25) is 14.4 Å². The van der Waals surface area contributed by atoms with Crippen molar-refractivity contribution in [3.05, 3.63) is 23.0 Å². The van der Waals surface area contributed by atoms with Gasteiger partial charge >= 0.3 is 18.1 Å². The SMILES string of the molecule is CC(=O)O/C(=C1/C[C@H]2[C@@H]3CC=C4C[C@H](OC(C)=O)CC[C@]4(C)[C@H]3CC[C@]2(C)C1=O)C(F)(F)F. The molecule has 6 atom stereocenters. The van der Waals surface area contributed by atoms with Gasteiger partial charge in [0.25, 0.3) is 0 Å². The van der Waals surface area contributed by atoms with E-state index in [-0.39, 0.29) is 47.2 Å². The first-order valence-electron chi connectivity index (χ1n) is 11.7. The summed E-state index contributed by atoms with van der Waals surface area (Å²) in [5, 5.41) is 0. The van der Waals surface area contributed by atoms with Crippen LogP contribution in [0.3, 0.4) is 0 Å². The number of rotatable bonds is 2. The summed E-state index contributed by atoms with van der Waals surface area (Å²) < 4.78 is 51.1. The van der Waals surface area contributed by atoms with Gasteiger partial charge in [-0.05, 0) is 61.7 Å². The molecule has 3 saturated carbocycles. The van der Waals surface area contributed by atoms with Gasteiger partial charge in [0.05, 0.1) is 0 Å². The monoisotopic (exact) mass is 468 g/mol. The molecule has 3 fully saturated rings. The van der Waals surface area contributed by atoms with Crippen LogP contribution in [0.25, 0.3) is 0 Å². The highest BCUT2D eigenvalue weighted by molar-refractivity contribution is 6.03. The second-order valence-electron chi connectivity index (χ2n) is 10.6. The Morgan fingerprint density at radius 3 is 2.27 bits per heavy atom. The average molecular weight is 469 g/mol. The maximum atomic E-state index is 13.7. The van der Waals surface area contributed by atoms with Crippen molar-refractivity contribution in [1.82, 2.24) is 0 Å². The summed E-state index contributed by atoms with van der Waals surface area (Å²) in [7, 11) is 0. The zero-order valence-corrected chi connectivity index (χ0v) is 19.5. The van der Waals surface area contributed by atoms with Crippen molar-refractivity contribution in [2.45, 2.75) is 84.9 Å². The van der Waals surface area contributed by atoms with Gasteiger partial charge in [0, 0.05) is 31.3 Å². The summed E-state index contributed by atoms with van der Waals surface area (Å²) in [5.74, 6) is -3.23. The molecule has 0 bridgehead atoms. The molecule has 4 aliphatic rings. The van der Waals surface area contributed by atoms with E-state index in [0.29, 0.717) is 19.3 Å². The van der Waals surface area contributed by atoms with Gasteiger partial charge in [0.15, 0.2) is 5.78 Å². The van der Waals surface area contributed by atoms with Gasteiger partial charge in [0.2, 0.25) is 5.76 Å². The van der Waals surface area contributed by atoms with Crippen molar-refractivity contribution in [3.8, 4) is 0 Å². The molecule has 0 radical (unpaired) electrons. The van der Waals surface area contributed by atoms with Crippen LogP contribution in [-0.2, 0) is 23.9 Å². The number of ketones is 1. The van der Waals surface area contributed by atoms with E-state index in [0.717, 1.165) is 26.2 Å². The molecule has 0 heterocycles. The van der Waals surface area contributed by atoms with Crippen LogP contribution in [0.5, 0.6) is 0 Å². The highest BCUT2D eigenvalue weighted by Crippen LogP contribution is 2.65. The van der Waals surface area contributed by atoms with Gasteiger partial charge in [-0.25, -0.2) is 0 Å². The number of esters is 2. The summed E-state index contributed by atoms with van der Waals surface area (Å²) in [5.41, 5.74) is -0.117. The first-order chi connectivity index (χ1) is 15.3. The maximum Gasteiger partial charge on any atom is 0.450 e. The van der Waals surface area contributed by atoms with Gasteiger partial charge in [-0.1, -0.05) is 25.5 Å². The average Bonchev–Trinajstić information content (AvgIpc) is 2.96. The van der Waals surface area contributed by atoms with Crippen LogP contribution in [0, 0.1) is 28.6 Å². The molecule has 0 aromatic heterocycles. The smallest absolute Gasteiger partial charge is 0.450 e. The fourth-order valence-electron chi connectivity index (χ4n) is 7.23. The van der Waals surface area contributed by atoms with E-state index in [1.165, 1.54) is 12.5 Å². The Morgan fingerprint density at radius 2 is 1.67 bits per heavy atom. The number of carbonyl (C=O) groups excluding carboxylic acids is 3. The Hall–Kier alpha value is -2.12. The van der Waals surface area contributed by atoms with Crippen molar-refractivity contribution in [2.24, 2.45) is 28.6 Å². The number of fused-ring (bicyclic) bond motifs is 5. The van der Waals surface area contributed by atoms with E-state index in [2.05, 4.69) is 17.7 Å². The molecular formula is C25H31F3O5. The normalized spacial score (nSPS) is 39.6. The zero-order chi connectivity index (χ0) is 24.3. The number of hydrogen-bond donors (Lipinski definition) is 0. The predicted molar refractivity (Wildman–Crippen MR) is 112 cm³/mol. The Labute approximate surface area is 191 Å². The van der Waals surface area contributed by atoms with Crippen molar-refractivity contribution in [2.75, 3.05) is 0 Å². The topological polar surface area (TPSA) is 69.7 Å². The third-order valence-corrected chi connectivity index (χ3v) is 8.78. The lowest BCUT2D eigenvalue weighted by Crippen LogP contribution is -2.50. The highest BCUT2D eigenvalue weighted by atomic mass is 19.4. The molecule has 0 N–H and O–H groups in total. The maximum absolute atomic E-state index is 13.7. The number of carbonyl (C=O) groups is 3. The molecule has 5 nitrogen and oxygen atoms in total. The lowest BCUT2D eigenvalue weighted by molar-refractivity contribution is -0.159. The molecular weight excluding hydrogens is 437 g/mol. The molecule has 4 rings (SSSR count). The highest BCUT2D eigenvalue weighted by Gasteiger charge is 2.61. The number of allylic oxidation sites excluding steroid dienone is 3. The van der Waals surface area contributed by atoms with E-state index in [4.69, 9.17) is 4.74 Å². The van der Waals surface area contributed by atoms with Gasteiger partial charge in [-0.15, -0.1) is 0 Å². The van der Waals surface area contributed by atoms with Crippen molar-refractivity contribution >= 4 is 17.7 Å². The van der Waals surface area contributed by atoms with Crippen LogP contribution in [0.4, 0.5) is 13.2 Å². The van der Waals surface area contributed by atoms with E-state index >= 15 is 0 Å². The van der Waals surface area contributed by atoms with Crippen molar-refractivity contribution in [3.63, 3.8) is 0 Å². The number of halogens is 3. The second-order valence-corrected chi connectivity index (χ2v) is 10.6. The molecule has 0 aromatic carbocycles. The molecule has 0 aromatic rings. The summed E-state index contributed by atoms with van der Waals surface area (Å²) in [6.45, 7) is 6.32. The minimum absolute atomic E-state index is 0.0199. The van der Waals surface area contributed by atoms with E-state index in [9.17, 15) is 27.6 Å². The third-order valence-electron chi connectivity index (χ3n) is 8.78. The van der Waals surface area contributed by atoms with Gasteiger partial charge in [0.1, 0.15) is 6.10 Å². The van der Waals surface area contributed by atoms with Crippen LogP contribution >= 0.6 is 0 Å². The molecule has 0 amide bonds. The first-order valence-corrected chi connectivity index (χ1v) is 11.7. The van der Waals surface area contributed by atoms with Crippen molar-refractivity contribution < 1.29 is 37.0 Å². The molecule has 8 heteroatoms. The van der Waals surface area contributed by atoms with Crippen molar-refractivity contribution in [1.29, 1.82) is 0 Å². The zero-order valence-electron chi connectivity index (χ0n) is 19.5. The van der Waals surface area contributed by atoms with Crippen LogP contribution in [0.2, 0.25) is 0 Å². The molecule has 4 aliphatic carbocycles. The standard InChI is InChI=1S/C25H31F3O5/c1-13(29)32-16-7-9-23(3)15(11-16)5-6-17-19(23)8-10-24(4)20(17)12-18(21(24)31)22(25(26,27)28)33-14(2)30/h5,16-17,19-20H,6-12H2,1-4H3/b22-18-/t16-,17-,19+,20+,23+,24+/m1/s1. The first kappa shape index (κ1) is 24.0. The lowest BCUT2D eigenvalue weighted by atomic mass is 9.48. The Kier molecular flexibility index (Phi) is 5.81. The van der Waals surface area contributed by atoms with Gasteiger partial charge < -0.3 is 9.47 Å². The quantitative estimate of drug-likeness (QED) is 0.234. The number of ether oxygens (including phenoxy) is 2. The van der Waals surface area contributed by atoms with Crippen LogP contribution in [-0.4, -0.2) is 30.0 Å². The summed E-state index contributed by atoms with van der Waals surface area (Å²) in [4.78, 5) is 36.1. The number of alkyl halides is 3. The summed E-state index contributed by atoms with van der Waals surface area (Å²) in [6, 6.07) is 0. The molecule has 0 unspecified atom stereocenters. The third kappa shape index (κ3) is 3.93. The van der Waals surface area contributed by atoms with E-state index in [1.807, 2.05) is 0 Å². The fourth-order valence-corrected chi connectivity index (χ4v) is 7.23. The molecule has 0 saturated heterocycles. The van der Waals surface area contributed by atoms with Gasteiger partial charge in [-0.2, -0.15) is 13.2 Å². The van der Waals surface area contributed by atoms with Crippen LogP contribution in [0.1, 0.15) is 72.6 Å². The minimum Gasteiger partial charge on any atom is -0.462 e. The van der Waals surface area contributed by atoms with Crippen LogP contribution < -0.4 is 0 Å². The Bertz CT molecular complexity index is 948. The number of hydrogen-bond acceptors (Lipinski definition) is 5. The second kappa shape index (κ2) is 7.98. The number of Topliss-reactive ketones (excluding diaryl/α,β-unsaturated/α-hetero) is 1. The van der Waals surface area contributed by atoms with E-state index in [1.54, 1.807) is 6.92 Å². The fraction of sp³-hybridized carbons (Fsp3) is 0.720. The Balaban J connectivity index is 1.67. The Morgan fingerprint density at radius 1 is 1.00 bits per heavy atom. The molecule has 0 aliphatic heterocycles. The largest absolute Gasteiger partial charge is 0.462 e.